The lowest BCUT2D eigenvalue weighted by atomic mass is 10.3. The van der Waals surface area contributed by atoms with Gasteiger partial charge in [0.25, 0.3) is 0 Å². The third-order valence-corrected chi connectivity index (χ3v) is 4.70. The molecule has 0 saturated heterocycles. The topological polar surface area (TPSA) is 68.3 Å². The van der Waals surface area contributed by atoms with Crippen LogP contribution < -0.4 is 5.32 Å². The van der Waals surface area contributed by atoms with Crippen molar-refractivity contribution in [1.82, 2.24) is 10.3 Å². The van der Waals surface area contributed by atoms with E-state index < -0.39 is 9.84 Å². The van der Waals surface area contributed by atoms with Gasteiger partial charge in [0.15, 0.2) is 9.84 Å². The molecule has 1 fully saturated rings. The third kappa shape index (κ3) is 4.31. The summed E-state index contributed by atoms with van der Waals surface area (Å²) in [7, 11) is -1.41. The van der Waals surface area contributed by atoms with Crippen LogP contribution in [0.1, 0.15) is 28.4 Å². The summed E-state index contributed by atoms with van der Waals surface area (Å²) < 4.78 is 27.7. The summed E-state index contributed by atoms with van der Waals surface area (Å²) >= 11 is 1.46. The summed E-state index contributed by atoms with van der Waals surface area (Å²) in [6.07, 6.45) is 3.69. The van der Waals surface area contributed by atoms with E-state index in [2.05, 4.69) is 10.3 Å². The summed E-state index contributed by atoms with van der Waals surface area (Å²) in [4.78, 5) is 5.44. The van der Waals surface area contributed by atoms with Gasteiger partial charge in [-0.2, -0.15) is 0 Å². The van der Waals surface area contributed by atoms with Crippen LogP contribution in [0.3, 0.4) is 0 Å². The highest BCUT2D eigenvalue weighted by atomic mass is 32.2. The number of methoxy groups -OCH3 is 1. The van der Waals surface area contributed by atoms with Crippen LogP contribution in [0.4, 0.5) is 0 Å². The first-order valence-corrected chi connectivity index (χ1v) is 8.73. The molecule has 1 heterocycles. The van der Waals surface area contributed by atoms with Crippen LogP contribution in [0.5, 0.6) is 0 Å². The molecule has 1 aliphatic rings. The molecule has 0 bridgehead atoms. The van der Waals surface area contributed by atoms with Crippen molar-refractivity contribution in [3.8, 4) is 0 Å². The van der Waals surface area contributed by atoms with Crippen LogP contribution in [-0.4, -0.2) is 32.8 Å². The molecule has 18 heavy (non-hydrogen) atoms. The first kappa shape index (κ1) is 13.9. The summed E-state index contributed by atoms with van der Waals surface area (Å²) in [5.41, 5.74) is 0.856. The summed E-state index contributed by atoms with van der Waals surface area (Å²) in [6.45, 7) is 1.19. The van der Waals surface area contributed by atoms with Crippen LogP contribution in [0.25, 0.3) is 0 Å². The number of nitrogens with zero attached hydrogens (tertiary/aromatic N) is 1. The van der Waals surface area contributed by atoms with Crippen molar-refractivity contribution in [2.75, 3.05) is 13.4 Å². The van der Waals surface area contributed by atoms with Crippen LogP contribution in [0.15, 0.2) is 0 Å². The van der Waals surface area contributed by atoms with Gasteiger partial charge in [-0.15, -0.1) is 11.3 Å². The molecule has 0 atom stereocenters. The highest BCUT2D eigenvalue weighted by Crippen LogP contribution is 2.24. The van der Waals surface area contributed by atoms with Gasteiger partial charge < -0.3 is 10.1 Å². The normalized spacial score (nSPS) is 16.1. The van der Waals surface area contributed by atoms with Crippen molar-refractivity contribution in [2.45, 2.75) is 37.8 Å². The Morgan fingerprint density at radius 3 is 2.78 bits per heavy atom. The number of thiazole rings is 1. The SMILES string of the molecule is COCc1nc(CS(C)(=O)=O)sc1CNC1CC1. The first-order valence-electron chi connectivity index (χ1n) is 5.85. The zero-order valence-electron chi connectivity index (χ0n) is 10.6. The Kier molecular flexibility index (Phi) is 4.37. The van der Waals surface area contributed by atoms with Gasteiger partial charge in [0.1, 0.15) is 10.8 Å². The Bertz CT molecular complexity index is 506. The predicted octanol–water partition coefficient (Wildman–Crippen LogP) is 1.09. The quantitative estimate of drug-likeness (QED) is 0.814. The Balaban J connectivity index is 2.08. The fraction of sp³-hybridized carbons (Fsp3) is 0.727. The molecule has 0 amide bonds. The Labute approximate surface area is 111 Å². The molecule has 1 aromatic heterocycles. The first-order chi connectivity index (χ1) is 8.48. The molecular weight excluding hydrogens is 272 g/mol. The van der Waals surface area contributed by atoms with E-state index in [0.29, 0.717) is 17.7 Å². The molecule has 0 spiro atoms. The van der Waals surface area contributed by atoms with Gasteiger partial charge >= 0.3 is 0 Å². The molecule has 1 aromatic rings. The molecule has 1 aliphatic carbocycles. The van der Waals surface area contributed by atoms with Crippen molar-refractivity contribution < 1.29 is 13.2 Å². The molecular formula is C11H18N2O3S2. The van der Waals surface area contributed by atoms with Crippen LogP contribution >= 0.6 is 11.3 Å². The lowest BCUT2D eigenvalue weighted by molar-refractivity contribution is 0.181. The minimum absolute atomic E-state index is 0.0117. The Hall–Kier alpha value is -0.500. The molecule has 0 aliphatic heterocycles. The monoisotopic (exact) mass is 290 g/mol. The van der Waals surface area contributed by atoms with Gasteiger partial charge in [-0.1, -0.05) is 0 Å². The number of rotatable bonds is 7. The molecule has 2 rings (SSSR count). The maximum Gasteiger partial charge on any atom is 0.153 e. The number of aromatic nitrogens is 1. The van der Waals surface area contributed by atoms with E-state index in [-0.39, 0.29) is 5.75 Å². The zero-order chi connectivity index (χ0) is 13.2. The van der Waals surface area contributed by atoms with E-state index in [0.717, 1.165) is 17.1 Å². The minimum atomic E-state index is -3.03. The molecule has 1 N–H and O–H groups in total. The molecule has 102 valence electrons. The molecule has 0 aromatic carbocycles. The van der Waals surface area contributed by atoms with Crippen LogP contribution in [0, 0.1) is 0 Å². The van der Waals surface area contributed by atoms with E-state index >= 15 is 0 Å². The third-order valence-electron chi connectivity index (χ3n) is 2.62. The van der Waals surface area contributed by atoms with Crippen LogP contribution in [-0.2, 0) is 33.5 Å². The van der Waals surface area contributed by atoms with Crippen molar-refractivity contribution >= 4 is 21.2 Å². The predicted molar refractivity (Wildman–Crippen MR) is 71.2 cm³/mol. The van der Waals surface area contributed by atoms with Crippen molar-refractivity contribution in [2.24, 2.45) is 0 Å². The second kappa shape index (κ2) is 5.64. The number of nitrogens with one attached hydrogen (secondary N) is 1. The van der Waals surface area contributed by atoms with E-state index in [4.69, 9.17) is 4.74 Å². The maximum atomic E-state index is 11.3. The van der Waals surface area contributed by atoms with Gasteiger partial charge in [-0.05, 0) is 12.8 Å². The lowest BCUT2D eigenvalue weighted by Gasteiger charge is -2.02. The fourth-order valence-electron chi connectivity index (χ4n) is 1.63. The number of ether oxygens (including phenoxy) is 1. The average Bonchev–Trinajstić information content (AvgIpc) is 2.99. The number of hydrogen-bond donors (Lipinski definition) is 1. The van der Waals surface area contributed by atoms with Crippen LogP contribution in [0.2, 0.25) is 0 Å². The average molecular weight is 290 g/mol. The van der Waals surface area contributed by atoms with Gasteiger partial charge in [-0.25, -0.2) is 13.4 Å². The highest BCUT2D eigenvalue weighted by molar-refractivity contribution is 7.90. The summed E-state index contributed by atoms with van der Waals surface area (Å²) in [5.74, 6) is 0.0117. The summed E-state index contributed by atoms with van der Waals surface area (Å²) in [6, 6.07) is 0.626. The Morgan fingerprint density at radius 1 is 1.50 bits per heavy atom. The van der Waals surface area contributed by atoms with E-state index in [1.165, 1.54) is 30.4 Å². The molecule has 5 nitrogen and oxygen atoms in total. The maximum absolute atomic E-state index is 11.3. The molecule has 1 saturated carbocycles. The smallest absolute Gasteiger partial charge is 0.153 e. The van der Waals surface area contributed by atoms with Crippen molar-refractivity contribution in [1.29, 1.82) is 0 Å². The van der Waals surface area contributed by atoms with E-state index in [1.54, 1.807) is 7.11 Å². The van der Waals surface area contributed by atoms with Gasteiger partial charge in [0.05, 0.1) is 12.3 Å². The molecule has 0 unspecified atom stereocenters. The number of sulfone groups is 1. The largest absolute Gasteiger partial charge is 0.378 e. The minimum Gasteiger partial charge on any atom is -0.378 e. The molecule has 7 heteroatoms. The second-order valence-corrected chi connectivity index (χ2v) is 7.94. The highest BCUT2D eigenvalue weighted by Gasteiger charge is 2.22. The van der Waals surface area contributed by atoms with E-state index in [1.807, 2.05) is 0 Å². The van der Waals surface area contributed by atoms with Gasteiger partial charge in [-0.3, -0.25) is 0 Å². The lowest BCUT2D eigenvalue weighted by Crippen LogP contribution is -2.15. The second-order valence-electron chi connectivity index (χ2n) is 4.64. The van der Waals surface area contributed by atoms with E-state index in [9.17, 15) is 8.42 Å². The number of hydrogen-bond acceptors (Lipinski definition) is 6. The molecule has 0 radical (unpaired) electrons. The van der Waals surface area contributed by atoms with Crippen molar-refractivity contribution in [3.63, 3.8) is 0 Å². The van der Waals surface area contributed by atoms with Crippen molar-refractivity contribution in [3.05, 3.63) is 15.6 Å². The summed E-state index contributed by atoms with van der Waals surface area (Å²) in [5, 5.41) is 4.06. The standard InChI is InChI=1S/C11H18N2O3S2/c1-16-6-9-10(5-12-8-3-4-8)17-11(13-9)7-18(2,14)15/h8,12H,3-7H2,1-2H3. The zero-order valence-corrected chi connectivity index (χ0v) is 12.2. The Morgan fingerprint density at radius 2 is 2.22 bits per heavy atom. The van der Waals surface area contributed by atoms with Gasteiger partial charge in [0, 0.05) is 30.8 Å². The fourth-order valence-corrected chi connectivity index (χ4v) is 3.84. The van der Waals surface area contributed by atoms with Gasteiger partial charge in [0.2, 0.25) is 0 Å².